The van der Waals surface area contributed by atoms with Crippen molar-refractivity contribution in [3.05, 3.63) is 0 Å². The molecule has 0 aromatic heterocycles. The second-order valence-corrected chi connectivity index (χ2v) is 7.96. The van der Waals surface area contributed by atoms with E-state index in [0.717, 1.165) is 26.1 Å². The van der Waals surface area contributed by atoms with Crippen molar-refractivity contribution in [3.63, 3.8) is 0 Å². The van der Waals surface area contributed by atoms with Crippen LogP contribution in [-0.4, -0.2) is 47.2 Å². The maximum Gasteiger partial charge on any atom is 0.323 e. The van der Waals surface area contributed by atoms with Gasteiger partial charge in [0.05, 0.1) is 0 Å². The molecule has 0 amide bonds. The van der Waals surface area contributed by atoms with E-state index in [-0.39, 0.29) is 0 Å². The van der Waals surface area contributed by atoms with Crippen LogP contribution in [0.5, 0.6) is 0 Å². The summed E-state index contributed by atoms with van der Waals surface area (Å²) in [4.78, 5) is 14.1. The Morgan fingerprint density at radius 2 is 2.00 bits per heavy atom. The van der Waals surface area contributed by atoms with Crippen molar-refractivity contribution in [2.75, 3.05) is 19.6 Å². The summed E-state index contributed by atoms with van der Waals surface area (Å²) in [5.41, 5.74) is -0.486. The minimum atomic E-state index is -0.824. The third-order valence-corrected chi connectivity index (χ3v) is 5.01. The van der Waals surface area contributed by atoms with Crippen molar-refractivity contribution in [1.29, 1.82) is 0 Å². The molecule has 0 saturated carbocycles. The Hall–Kier alpha value is -0.610. The summed E-state index contributed by atoms with van der Waals surface area (Å²) in [5.74, 6) is -0.0333. The number of carboxylic acids is 1. The number of hydrogen-bond donors (Lipinski definition) is 2. The lowest BCUT2D eigenvalue weighted by Crippen LogP contribution is -2.53. The van der Waals surface area contributed by atoms with Gasteiger partial charge in [0.25, 0.3) is 0 Å². The molecule has 3 atom stereocenters. The fourth-order valence-electron chi connectivity index (χ4n) is 3.25. The average Bonchev–Trinajstić information content (AvgIpc) is 2.85. The summed E-state index contributed by atoms with van der Waals surface area (Å²) in [7, 11) is 0. The molecule has 0 aromatic rings. The predicted molar refractivity (Wildman–Crippen MR) is 87.5 cm³/mol. The topological polar surface area (TPSA) is 52.6 Å². The van der Waals surface area contributed by atoms with Crippen LogP contribution < -0.4 is 5.32 Å². The van der Waals surface area contributed by atoms with E-state index in [1.807, 2.05) is 6.92 Å². The highest BCUT2D eigenvalue weighted by atomic mass is 16.4. The van der Waals surface area contributed by atoms with Gasteiger partial charge in [-0.3, -0.25) is 4.79 Å². The molecule has 0 spiro atoms. The van der Waals surface area contributed by atoms with E-state index < -0.39 is 11.5 Å². The number of aliphatic carboxylic acids is 1. The van der Waals surface area contributed by atoms with E-state index in [1.165, 1.54) is 6.42 Å². The predicted octanol–water partition coefficient (Wildman–Crippen LogP) is 2.98. The molecule has 4 heteroatoms. The van der Waals surface area contributed by atoms with Crippen LogP contribution in [0.4, 0.5) is 0 Å². The number of carbonyl (C=O) groups is 1. The van der Waals surface area contributed by atoms with Crippen molar-refractivity contribution in [2.24, 2.45) is 11.3 Å². The van der Waals surface area contributed by atoms with Gasteiger partial charge in [-0.05, 0) is 57.5 Å². The quantitative estimate of drug-likeness (QED) is 0.759. The SMILES string of the molecule is CCCNC(C)(CC(C)N1CCC(C(C)(C)C)C1)C(=O)O. The highest BCUT2D eigenvalue weighted by molar-refractivity contribution is 5.78. The van der Waals surface area contributed by atoms with Crippen molar-refractivity contribution in [3.8, 4) is 0 Å². The highest BCUT2D eigenvalue weighted by Crippen LogP contribution is 2.35. The summed E-state index contributed by atoms with van der Waals surface area (Å²) in [6, 6.07) is 0.294. The molecular formula is C17H34N2O2. The number of hydrogen-bond acceptors (Lipinski definition) is 3. The standard InChI is InChI=1S/C17H34N2O2/c1-7-9-18-17(6,15(20)21)11-13(2)19-10-8-14(12-19)16(3,4)5/h13-14,18H,7-12H2,1-6H3,(H,20,21). The van der Waals surface area contributed by atoms with Gasteiger partial charge in [0.2, 0.25) is 0 Å². The molecule has 1 fully saturated rings. The number of nitrogens with one attached hydrogen (secondary N) is 1. The second-order valence-electron chi connectivity index (χ2n) is 7.96. The maximum absolute atomic E-state index is 11.6. The van der Waals surface area contributed by atoms with Crippen LogP contribution in [-0.2, 0) is 4.79 Å². The second kappa shape index (κ2) is 7.10. The molecule has 0 radical (unpaired) electrons. The summed E-state index contributed by atoms with van der Waals surface area (Å²) < 4.78 is 0. The zero-order valence-electron chi connectivity index (χ0n) is 14.7. The van der Waals surface area contributed by atoms with Crippen molar-refractivity contribution in [1.82, 2.24) is 10.2 Å². The van der Waals surface area contributed by atoms with Gasteiger partial charge in [-0.2, -0.15) is 0 Å². The summed E-state index contributed by atoms with van der Waals surface area (Å²) in [6.45, 7) is 15.9. The minimum absolute atomic E-state index is 0.294. The number of nitrogens with zero attached hydrogens (tertiary/aromatic N) is 1. The molecule has 4 nitrogen and oxygen atoms in total. The lowest BCUT2D eigenvalue weighted by atomic mass is 9.80. The van der Waals surface area contributed by atoms with E-state index in [2.05, 4.69) is 44.8 Å². The monoisotopic (exact) mass is 298 g/mol. The van der Waals surface area contributed by atoms with Gasteiger partial charge in [-0.15, -0.1) is 0 Å². The van der Waals surface area contributed by atoms with Crippen LogP contribution in [0.2, 0.25) is 0 Å². The fraction of sp³-hybridized carbons (Fsp3) is 0.941. The first-order valence-corrected chi connectivity index (χ1v) is 8.32. The largest absolute Gasteiger partial charge is 0.480 e. The molecule has 21 heavy (non-hydrogen) atoms. The number of carboxylic acid groups (broad SMARTS) is 1. The van der Waals surface area contributed by atoms with E-state index in [0.29, 0.717) is 23.8 Å². The smallest absolute Gasteiger partial charge is 0.323 e. The summed E-state index contributed by atoms with van der Waals surface area (Å²) in [5, 5.41) is 12.8. The summed E-state index contributed by atoms with van der Waals surface area (Å²) >= 11 is 0. The molecular weight excluding hydrogens is 264 g/mol. The zero-order valence-corrected chi connectivity index (χ0v) is 14.7. The lowest BCUT2D eigenvalue weighted by molar-refractivity contribution is -0.145. The van der Waals surface area contributed by atoms with Gasteiger partial charge >= 0.3 is 5.97 Å². The minimum Gasteiger partial charge on any atom is -0.480 e. The van der Waals surface area contributed by atoms with Gasteiger partial charge in [0.1, 0.15) is 5.54 Å². The lowest BCUT2D eigenvalue weighted by Gasteiger charge is -2.34. The first kappa shape index (κ1) is 18.4. The Bertz CT molecular complexity index is 351. The molecule has 3 unspecified atom stereocenters. The molecule has 2 N–H and O–H groups in total. The van der Waals surface area contributed by atoms with Gasteiger partial charge in [-0.1, -0.05) is 27.7 Å². The van der Waals surface area contributed by atoms with Gasteiger partial charge in [-0.25, -0.2) is 0 Å². The Labute approximate surface area is 130 Å². The van der Waals surface area contributed by atoms with E-state index in [4.69, 9.17) is 0 Å². The maximum atomic E-state index is 11.6. The Balaban J connectivity index is 2.63. The third-order valence-electron chi connectivity index (χ3n) is 5.01. The van der Waals surface area contributed by atoms with Gasteiger partial charge in [0, 0.05) is 12.6 Å². The number of rotatable bonds is 7. The number of likely N-dealkylation sites (tertiary alicyclic amines) is 1. The summed E-state index contributed by atoms with van der Waals surface area (Å²) in [6.07, 6.45) is 2.83. The Kier molecular flexibility index (Phi) is 6.23. The van der Waals surface area contributed by atoms with Crippen molar-refractivity contribution >= 4 is 5.97 Å². The van der Waals surface area contributed by atoms with Crippen molar-refractivity contribution < 1.29 is 9.90 Å². The molecule has 1 rings (SSSR count). The molecule has 1 heterocycles. The third kappa shape index (κ3) is 4.96. The molecule has 1 aliphatic rings. The van der Waals surface area contributed by atoms with Gasteiger partial charge < -0.3 is 15.3 Å². The first-order chi connectivity index (χ1) is 9.60. The molecule has 1 aliphatic heterocycles. The normalized spacial score (nSPS) is 24.8. The van der Waals surface area contributed by atoms with Gasteiger partial charge in [0.15, 0.2) is 0 Å². The van der Waals surface area contributed by atoms with Crippen LogP contribution in [0.3, 0.4) is 0 Å². The molecule has 0 aromatic carbocycles. The Morgan fingerprint density at radius 3 is 2.43 bits per heavy atom. The molecule has 0 bridgehead atoms. The van der Waals surface area contributed by atoms with Crippen LogP contribution >= 0.6 is 0 Å². The molecule has 124 valence electrons. The highest BCUT2D eigenvalue weighted by Gasteiger charge is 2.38. The molecule has 0 aliphatic carbocycles. The van der Waals surface area contributed by atoms with Crippen LogP contribution in [0, 0.1) is 11.3 Å². The zero-order chi connectivity index (χ0) is 16.3. The van der Waals surface area contributed by atoms with E-state index in [1.54, 1.807) is 0 Å². The Morgan fingerprint density at radius 1 is 1.38 bits per heavy atom. The van der Waals surface area contributed by atoms with Crippen LogP contribution in [0.1, 0.15) is 60.8 Å². The van der Waals surface area contributed by atoms with E-state index >= 15 is 0 Å². The van der Waals surface area contributed by atoms with Crippen LogP contribution in [0.25, 0.3) is 0 Å². The van der Waals surface area contributed by atoms with Crippen molar-refractivity contribution in [2.45, 2.75) is 72.4 Å². The van der Waals surface area contributed by atoms with E-state index in [9.17, 15) is 9.90 Å². The molecule has 1 saturated heterocycles. The average molecular weight is 298 g/mol. The fourth-order valence-corrected chi connectivity index (χ4v) is 3.25. The van der Waals surface area contributed by atoms with Crippen LogP contribution in [0.15, 0.2) is 0 Å². The first-order valence-electron chi connectivity index (χ1n) is 8.32.